The Balaban J connectivity index is 2.73. The maximum absolute atomic E-state index is 5.58. The van der Waals surface area contributed by atoms with Gasteiger partial charge < -0.3 is 4.74 Å². The molecule has 1 rings (SSSR count). The Morgan fingerprint density at radius 3 is 2.69 bits per heavy atom. The van der Waals surface area contributed by atoms with E-state index in [-0.39, 0.29) is 0 Å². The predicted octanol–water partition coefficient (Wildman–Crippen LogP) is 3.51. The third kappa shape index (κ3) is 2.96. The van der Waals surface area contributed by atoms with E-state index in [2.05, 4.69) is 38.3 Å². The molecule has 0 aliphatic rings. The van der Waals surface area contributed by atoms with Gasteiger partial charge in [-0.1, -0.05) is 6.92 Å². The first-order valence-corrected chi connectivity index (χ1v) is 5.78. The number of hydrogen-bond donors (Lipinski definition) is 0. The second kappa shape index (κ2) is 5.18. The summed E-state index contributed by atoms with van der Waals surface area (Å²) in [7, 11) is 0. The molecule has 0 spiro atoms. The average Bonchev–Trinajstić information content (AvgIpc) is 2.16. The van der Waals surface area contributed by atoms with E-state index in [1.165, 1.54) is 10.5 Å². The van der Waals surface area contributed by atoms with E-state index in [1.807, 2.05) is 0 Å². The van der Waals surface area contributed by atoms with E-state index in [1.54, 1.807) is 11.8 Å². The molecule has 1 nitrogen and oxygen atoms in total. The van der Waals surface area contributed by atoms with E-state index >= 15 is 0 Å². The van der Waals surface area contributed by atoms with Crippen molar-refractivity contribution >= 4 is 11.8 Å². The highest BCUT2D eigenvalue weighted by molar-refractivity contribution is 7.98. The van der Waals surface area contributed by atoms with E-state index in [0.717, 1.165) is 18.8 Å². The summed E-state index contributed by atoms with van der Waals surface area (Å²) in [5.74, 6) is 1.01. The van der Waals surface area contributed by atoms with Gasteiger partial charge in [0.2, 0.25) is 0 Å². The molecule has 0 heterocycles. The minimum absolute atomic E-state index is 0.805. The quantitative estimate of drug-likeness (QED) is 0.682. The fraction of sp³-hybridized carbons (Fsp3) is 0.455. The molecule has 0 saturated carbocycles. The van der Waals surface area contributed by atoms with Crippen LogP contribution in [0.25, 0.3) is 0 Å². The van der Waals surface area contributed by atoms with Crippen LogP contribution in [0.15, 0.2) is 23.1 Å². The molecule has 0 aromatic heterocycles. The van der Waals surface area contributed by atoms with Crippen molar-refractivity contribution < 1.29 is 4.74 Å². The molecule has 1 aromatic rings. The molecule has 1 aromatic carbocycles. The Morgan fingerprint density at radius 1 is 1.38 bits per heavy atom. The second-order valence-corrected chi connectivity index (χ2v) is 3.86. The first kappa shape index (κ1) is 10.5. The third-order valence-corrected chi connectivity index (χ3v) is 2.57. The van der Waals surface area contributed by atoms with Crippen LogP contribution < -0.4 is 4.74 Å². The molecule has 0 unspecified atom stereocenters. The summed E-state index contributed by atoms with van der Waals surface area (Å²) in [4.78, 5) is 1.29. The van der Waals surface area contributed by atoms with Crippen LogP contribution in [0.1, 0.15) is 18.9 Å². The van der Waals surface area contributed by atoms with Crippen LogP contribution in [0.5, 0.6) is 5.75 Å². The fourth-order valence-electron chi connectivity index (χ4n) is 1.12. The summed E-state index contributed by atoms with van der Waals surface area (Å²) < 4.78 is 5.58. The first-order chi connectivity index (χ1) is 6.27. The van der Waals surface area contributed by atoms with Gasteiger partial charge in [-0.05, 0) is 43.4 Å². The second-order valence-electron chi connectivity index (χ2n) is 2.98. The topological polar surface area (TPSA) is 9.23 Å². The Kier molecular flexibility index (Phi) is 4.16. The number of ether oxygens (including phenoxy) is 1. The van der Waals surface area contributed by atoms with Crippen LogP contribution >= 0.6 is 11.8 Å². The molecule has 0 aliphatic heterocycles. The Hall–Kier alpha value is -0.630. The predicted molar refractivity (Wildman–Crippen MR) is 58.7 cm³/mol. The van der Waals surface area contributed by atoms with Gasteiger partial charge in [-0.15, -0.1) is 11.8 Å². The van der Waals surface area contributed by atoms with Gasteiger partial charge in [-0.25, -0.2) is 0 Å². The van der Waals surface area contributed by atoms with Gasteiger partial charge in [-0.2, -0.15) is 0 Å². The lowest BCUT2D eigenvalue weighted by Crippen LogP contribution is -1.96. The van der Waals surface area contributed by atoms with Crippen molar-refractivity contribution in [3.8, 4) is 5.75 Å². The zero-order chi connectivity index (χ0) is 9.68. The van der Waals surface area contributed by atoms with Crippen LogP contribution in [-0.4, -0.2) is 12.9 Å². The number of benzene rings is 1. The summed E-state index contributed by atoms with van der Waals surface area (Å²) in [6.45, 7) is 5.01. The molecule has 0 fully saturated rings. The van der Waals surface area contributed by atoms with Crippen molar-refractivity contribution in [1.29, 1.82) is 0 Å². The Labute approximate surface area is 84.5 Å². The minimum atomic E-state index is 0.805. The van der Waals surface area contributed by atoms with Gasteiger partial charge >= 0.3 is 0 Å². The molecular formula is C11H16OS. The lowest BCUT2D eigenvalue weighted by Gasteiger charge is -2.08. The minimum Gasteiger partial charge on any atom is -0.493 e. The van der Waals surface area contributed by atoms with Crippen LogP contribution in [0, 0.1) is 6.92 Å². The molecular weight excluding hydrogens is 180 g/mol. The lowest BCUT2D eigenvalue weighted by atomic mass is 10.2. The molecule has 2 heteroatoms. The van der Waals surface area contributed by atoms with Crippen LogP contribution in [0.3, 0.4) is 0 Å². The zero-order valence-electron chi connectivity index (χ0n) is 8.46. The highest BCUT2D eigenvalue weighted by atomic mass is 32.2. The molecule has 0 bridgehead atoms. The molecule has 72 valence electrons. The highest BCUT2D eigenvalue weighted by Crippen LogP contribution is 2.23. The normalized spacial score (nSPS) is 10.1. The van der Waals surface area contributed by atoms with Crippen molar-refractivity contribution in [1.82, 2.24) is 0 Å². The van der Waals surface area contributed by atoms with Crippen LogP contribution in [0.2, 0.25) is 0 Å². The van der Waals surface area contributed by atoms with E-state index in [9.17, 15) is 0 Å². The smallest absolute Gasteiger partial charge is 0.122 e. The first-order valence-electron chi connectivity index (χ1n) is 4.55. The zero-order valence-corrected chi connectivity index (χ0v) is 9.28. The molecule has 0 amide bonds. The summed E-state index contributed by atoms with van der Waals surface area (Å²) in [5.41, 5.74) is 1.22. The largest absolute Gasteiger partial charge is 0.493 e. The van der Waals surface area contributed by atoms with Gasteiger partial charge in [-0.3, -0.25) is 0 Å². The summed E-state index contributed by atoms with van der Waals surface area (Å²) in [6.07, 6.45) is 3.14. The number of rotatable bonds is 4. The van der Waals surface area contributed by atoms with Crippen LogP contribution in [0.4, 0.5) is 0 Å². The number of thioether (sulfide) groups is 1. The van der Waals surface area contributed by atoms with Crippen molar-refractivity contribution in [2.75, 3.05) is 12.9 Å². The van der Waals surface area contributed by atoms with Gasteiger partial charge in [0.05, 0.1) is 6.61 Å². The Morgan fingerprint density at radius 2 is 2.15 bits per heavy atom. The summed E-state index contributed by atoms with van der Waals surface area (Å²) in [6, 6.07) is 6.31. The SMILES string of the molecule is CCCOc1ccc(SC)cc1C. The lowest BCUT2D eigenvalue weighted by molar-refractivity contribution is 0.315. The molecule has 13 heavy (non-hydrogen) atoms. The third-order valence-electron chi connectivity index (χ3n) is 1.84. The van der Waals surface area contributed by atoms with Crippen molar-refractivity contribution in [2.45, 2.75) is 25.2 Å². The van der Waals surface area contributed by atoms with E-state index in [0.29, 0.717) is 0 Å². The molecule has 0 saturated heterocycles. The van der Waals surface area contributed by atoms with E-state index in [4.69, 9.17) is 4.74 Å². The molecule has 0 radical (unpaired) electrons. The van der Waals surface area contributed by atoms with Crippen LogP contribution in [-0.2, 0) is 0 Å². The van der Waals surface area contributed by atoms with Crippen molar-refractivity contribution in [2.24, 2.45) is 0 Å². The van der Waals surface area contributed by atoms with Gasteiger partial charge in [0, 0.05) is 4.90 Å². The van der Waals surface area contributed by atoms with Crippen molar-refractivity contribution in [3.05, 3.63) is 23.8 Å². The Bertz CT molecular complexity index is 271. The van der Waals surface area contributed by atoms with E-state index < -0.39 is 0 Å². The monoisotopic (exact) mass is 196 g/mol. The fourth-order valence-corrected chi connectivity index (χ4v) is 1.62. The highest BCUT2D eigenvalue weighted by Gasteiger charge is 1.99. The summed E-state index contributed by atoms with van der Waals surface area (Å²) >= 11 is 1.76. The van der Waals surface area contributed by atoms with Gasteiger partial charge in [0.15, 0.2) is 0 Å². The van der Waals surface area contributed by atoms with Crippen molar-refractivity contribution in [3.63, 3.8) is 0 Å². The maximum Gasteiger partial charge on any atom is 0.122 e. The molecule has 0 atom stereocenters. The molecule has 0 N–H and O–H groups in total. The maximum atomic E-state index is 5.58. The number of hydrogen-bond acceptors (Lipinski definition) is 2. The average molecular weight is 196 g/mol. The molecule has 0 aliphatic carbocycles. The summed E-state index contributed by atoms with van der Waals surface area (Å²) in [5, 5.41) is 0. The van der Waals surface area contributed by atoms with Gasteiger partial charge in [0.25, 0.3) is 0 Å². The van der Waals surface area contributed by atoms with Gasteiger partial charge in [0.1, 0.15) is 5.75 Å². The standard InChI is InChI=1S/C11H16OS/c1-4-7-12-11-6-5-10(13-3)8-9(11)2/h5-6,8H,4,7H2,1-3H3. The number of aryl methyl sites for hydroxylation is 1.